The van der Waals surface area contributed by atoms with Gasteiger partial charge in [-0.2, -0.15) is 0 Å². The Labute approximate surface area is 171 Å². The first-order valence-corrected chi connectivity index (χ1v) is 10.1. The zero-order valence-electron chi connectivity index (χ0n) is 16.9. The van der Waals surface area contributed by atoms with Gasteiger partial charge in [-0.05, 0) is 43.5 Å². The maximum Gasteiger partial charge on any atom is 0.227 e. The molecular weight excluding hydrogens is 364 g/mol. The number of nitrogens with zero attached hydrogens (tertiary/aromatic N) is 4. The van der Waals surface area contributed by atoms with Crippen LogP contribution in [0.5, 0.6) is 5.75 Å². The molecule has 0 radical (unpaired) electrons. The summed E-state index contributed by atoms with van der Waals surface area (Å²) in [5.74, 6) is 2.70. The fourth-order valence-electron chi connectivity index (χ4n) is 3.96. The lowest BCUT2D eigenvalue weighted by Gasteiger charge is -2.34. The summed E-state index contributed by atoms with van der Waals surface area (Å²) >= 11 is 0. The van der Waals surface area contributed by atoms with E-state index < -0.39 is 0 Å². The quantitative estimate of drug-likeness (QED) is 0.648. The Morgan fingerprint density at radius 3 is 2.55 bits per heavy atom. The number of aryl methyl sites for hydroxylation is 1. The maximum atomic E-state index is 13.0. The highest BCUT2D eigenvalue weighted by atomic mass is 16.5. The predicted molar refractivity (Wildman–Crippen MR) is 111 cm³/mol. The van der Waals surface area contributed by atoms with Crippen LogP contribution in [-0.4, -0.2) is 38.7 Å². The van der Waals surface area contributed by atoms with Gasteiger partial charge in [0.25, 0.3) is 0 Å². The molecule has 2 heterocycles. The standard InChI is InChI=1S/C23H26N4O2/c1-3-29-21-11-9-19(10-12-21)14-23(28)26-15-20(13-18-7-5-4-6-8-18)27-17(2)24-25-22(27)16-26/h4-12,20H,3,13-16H2,1-2H3/t20-/m1/s1. The van der Waals surface area contributed by atoms with Crippen LogP contribution in [0.4, 0.5) is 0 Å². The van der Waals surface area contributed by atoms with Gasteiger partial charge in [0.2, 0.25) is 5.91 Å². The zero-order valence-corrected chi connectivity index (χ0v) is 16.9. The average molecular weight is 390 g/mol. The summed E-state index contributed by atoms with van der Waals surface area (Å²) in [7, 11) is 0. The van der Waals surface area contributed by atoms with Crippen LogP contribution in [0, 0.1) is 6.92 Å². The minimum atomic E-state index is 0.110. The van der Waals surface area contributed by atoms with Crippen molar-refractivity contribution in [3.8, 4) is 5.75 Å². The number of fused-ring (bicyclic) bond motifs is 1. The summed E-state index contributed by atoms with van der Waals surface area (Å²) in [6, 6.07) is 18.3. The van der Waals surface area contributed by atoms with Crippen LogP contribution in [0.1, 0.15) is 35.7 Å². The minimum absolute atomic E-state index is 0.110. The summed E-state index contributed by atoms with van der Waals surface area (Å²) in [5, 5.41) is 8.58. The molecule has 1 aromatic heterocycles. The molecule has 0 spiro atoms. The molecule has 150 valence electrons. The van der Waals surface area contributed by atoms with Crippen molar-refractivity contribution in [1.29, 1.82) is 0 Å². The van der Waals surface area contributed by atoms with Crippen molar-refractivity contribution >= 4 is 5.91 Å². The minimum Gasteiger partial charge on any atom is -0.494 e. The summed E-state index contributed by atoms with van der Waals surface area (Å²) in [6.07, 6.45) is 1.22. The molecule has 0 saturated heterocycles. The Hall–Kier alpha value is -3.15. The van der Waals surface area contributed by atoms with E-state index in [2.05, 4.69) is 26.9 Å². The molecule has 4 rings (SSSR count). The number of benzene rings is 2. The molecule has 1 amide bonds. The molecule has 0 aliphatic carbocycles. The molecule has 0 N–H and O–H groups in total. The third-order valence-corrected chi connectivity index (χ3v) is 5.32. The van der Waals surface area contributed by atoms with Crippen molar-refractivity contribution < 1.29 is 9.53 Å². The highest BCUT2D eigenvalue weighted by molar-refractivity contribution is 5.79. The van der Waals surface area contributed by atoms with Crippen LogP contribution in [0.25, 0.3) is 0 Å². The molecule has 0 fully saturated rings. The van der Waals surface area contributed by atoms with Crippen molar-refractivity contribution in [3.05, 3.63) is 77.4 Å². The summed E-state index contributed by atoms with van der Waals surface area (Å²) < 4.78 is 7.67. The molecule has 6 nitrogen and oxygen atoms in total. The molecule has 0 saturated carbocycles. The van der Waals surface area contributed by atoms with E-state index in [0.717, 1.165) is 29.4 Å². The molecule has 29 heavy (non-hydrogen) atoms. The molecule has 1 atom stereocenters. The molecule has 1 aliphatic heterocycles. The maximum absolute atomic E-state index is 13.0. The van der Waals surface area contributed by atoms with E-state index in [1.54, 1.807) is 0 Å². The van der Waals surface area contributed by atoms with E-state index in [1.807, 2.05) is 61.2 Å². The van der Waals surface area contributed by atoms with Gasteiger partial charge >= 0.3 is 0 Å². The highest BCUT2D eigenvalue weighted by Crippen LogP contribution is 2.26. The number of carbonyl (C=O) groups excluding carboxylic acids is 1. The van der Waals surface area contributed by atoms with Gasteiger partial charge in [0.05, 0.1) is 25.6 Å². The number of aromatic nitrogens is 3. The van der Waals surface area contributed by atoms with Crippen molar-refractivity contribution in [3.63, 3.8) is 0 Å². The number of ether oxygens (including phenoxy) is 1. The highest BCUT2D eigenvalue weighted by Gasteiger charge is 2.30. The third kappa shape index (κ3) is 4.31. The van der Waals surface area contributed by atoms with E-state index in [-0.39, 0.29) is 11.9 Å². The topological polar surface area (TPSA) is 60.2 Å². The first-order chi connectivity index (χ1) is 14.1. The Morgan fingerprint density at radius 1 is 1.07 bits per heavy atom. The van der Waals surface area contributed by atoms with Crippen molar-refractivity contribution in [2.45, 2.75) is 39.3 Å². The van der Waals surface area contributed by atoms with Gasteiger partial charge in [-0.1, -0.05) is 42.5 Å². The van der Waals surface area contributed by atoms with Gasteiger partial charge < -0.3 is 14.2 Å². The molecule has 0 unspecified atom stereocenters. The molecule has 1 aliphatic rings. The first-order valence-electron chi connectivity index (χ1n) is 10.1. The fraction of sp³-hybridized carbons (Fsp3) is 0.348. The Bertz CT molecular complexity index is 966. The number of hydrogen-bond donors (Lipinski definition) is 0. The van der Waals surface area contributed by atoms with Crippen molar-refractivity contribution in [2.75, 3.05) is 13.2 Å². The van der Waals surface area contributed by atoms with Gasteiger partial charge in [-0.3, -0.25) is 4.79 Å². The average Bonchev–Trinajstić information content (AvgIpc) is 3.11. The zero-order chi connectivity index (χ0) is 20.2. The number of amides is 1. The van der Waals surface area contributed by atoms with Gasteiger partial charge in [0.1, 0.15) is 11.6 Å². The van der Waals surface area contributed by atoms with E-state index in [4.69, 9.17) is 4.74 Å². The van der Waals surface area contributed by atoms with Crippen molar-refractivity contribution in [1.82, 2.24) is 19.7 Å². The first kappa shape index (κ1) is 19.2. The molecular formula is C23H26N4O2. The fourth-order valence-corrected chi connectivity index (χ4v) is 3.96. The Balaban J connectivity index is 1.50. The SMILES string of the molecule is CCOc1ccc(CC(=O)N2Cc3nnc(C)n3[C@H](Cc3ccccc3)C2)cc1. The van der Waals surface area contributed by atoms with Gasteiger partial charge in [0.15, 0.2) is 5.82 Å². The summed E-state index contributed by atoms with van der Waals surface area (Å²) in [4.78, 5) is 14.9. The number of carbonyl (C=O) groups is 1. The van der Waals surface area contributed by atoms with Crippen LogP contribution in [0.15, 0.2) is 54.6 Å². The second kappa shape index (κ2) is 8.47. The summed E-state index contributed by atoms with van der Waals surface area (Å²) in [5.41, 5.74) is 2.23. The normalized spacial score (nSPS) is 15.8. The van der Waals surface area contributed by atoms with Crippen molar-refractivity contribution in [2.24, 2.45) is 0 Å². The van der Waals surface area contributed by atoms with Crippen LogP contribution < -0.4 is 4.74 Å². The Morgan fingerprint density at radius 2 is 1.83 bits per heavy atom. The lowest BCUT2D eigenvalue weighted by molar-refractivity contribution is -0.132. The molecule has 3 aromatic rings. The van der Waals surface area contributed by atoms with Crippen LogP contribution in [0.2, 0.25) is 0 Å². The third-order valence-electron chi connectivity index (χ3n) is 5.32. The molecule has 2 aromatic carbocycles. The number of rotatable bonds is 6. The second-order valence-electron chi connectivity index (χ2n) is 7.40. The Kier molecular flexibility index (Phi) is 5.60. The van der Waals surface area contributed by atoms with E-state index in [0.29, 0.717) is 26.1 Å². The van der Waals surface area contributed by atoms with Crippen LogP contribution in [0.3, 0.4) is 0 Å². The second-order valence-corrected chi connectivity index (χ2v) is 7.40. The smallest absolute Gasteiger partial charge is 0.227 e. The predicted octanol–water partition coefficient (Wildman–Crippen LogP) is 3.35. The van der Waals surface area contributed by atoms with Crippen LogP contribution in [-0.2, 0) is 24.2 Å². The van der Waals surface area contributed by atoms with E-state index in [9.17, 15) is 4.79 Å². The van der Waals surface area contributed by atoms with E-state index in [1.165, 1.54) is 5.56 Å². The van der Waals surface area contributed by atoms with Crippen LogP contribution >= 0.6 is 0 Å². The molecule has 0 bridgehead atoms. The van der Waals surface area contributed by atoms with Gasteiger partial charge in [-0.15, -0.1) is 10.2 Å². The van der Waals surface area contributed by atoms with Gasteiger partial charge in [0, 0.05) is 6.54 Å². The van der Waals surface area contributed by atoms with E-state index >= 15 is 0 Å². The largest absolute Gasteiger partial charge is 0.494 e. The number of hydrogen-bond acceptors (Lipinski definition) is 4. The molecule has 6 heteroatoms. The lowest BCUT2D eigenvalue weighted by Crippen LogP contribution is -2.42. The van der Waals surface area contributed by atoms with Gasteiger partial charge in [-0.25, -0.2) is 0 Å². The summed E-state index contributed by atoms with van der Waals surface area (Å²) in [6.45, 7) is 5.74. The lowest BCUT2D eigenvalue weighted by atomic mass is 10.0. The monoisotopic (exact) mass is 390 g/mol.